The number of halogens is 2. The van der Waals surface area contributed by atoms with Gasteiger partial charge < -0.3 is 5.32 Å². The van der Waals surface area contributed by atoms with Crippen LogP contribution >= 0.6 is 22.9 Å². The molecule has 2 rings (SSSR count). The van der Waals surface area contributed by atoms with Crippen molar-refractivity contribution in [1.29, 1.82) is 0 Å². The van der Waals surface area contributed by atoms with Crippen molar-refractivity contribution in [2.45, 2.75) is 26.3 Å². The van der Waals surface area contributed by atoms with E-state index in [0.29, 0.717) is 5.02 Å². The summed E-state index contributed by atoms with van der Waals surface area (Å²) in [5.41, 5.74) is 1.98. The molecule has 19 heavy (non-hydrogen) atoms. The minimum Gasteiger partial charge on any atom is -0.310 e. The van der Waals surface area contributed by atoms with Crippen molar-refractivity contribution in [2.75, 3.05) is 6.54 Å². The second-order valence-corrected chi connectivity index (χ2v) is 5.82. The van der Waals surface area contributed by atoms with Crippen LogP contribution in [0, 0.1) is 12.7 Å². The van der Waals surface area contributed by atoms with Crippen LogP contribution in [0.15, 0.2) is 23.6 Å². The topological polar surface area (TPSA) is 24.9 Å². The van der Waals surface area contributed by atoms with Gasteiger partial charge in [0.2, 0.25) is 0 Å². The van der Waals surface area contributed by atoms with E-state index in [1.54, 1.807) is 17.4 Å². The molecule has 0 bridgehead atoms. The van der Waals surface area contributed by atoms with Crippen molar-refractivity contribution < 1.29 is 4.39 Å². The van der Waals surface area contributed by atoms with Gasteiger partial charge in [0.25, 0.3) is 0 Å². The number of benzene rings is 1. The highest BCUT2D eigenvalue weighted by Gasteiger charge is 2.10. The summed E-state index contributed by atoms with van der Waals surface area (Å²) < 4.78 is 13.0. The van der Waals surface area contributed by atoms with Crippen molar-refractivity contribution in [3.63, 3.8) is 0 Å². The number of thiazole rings is 1. The highest BCUT2D eigenvalue weighted by molar-refractivity contribution is 7.09. The molecule has 0 aliphatic rings. The summed E-state index contributed by atoms with van der Waals surface area (Å²) in [4.78, 5) is 4.41. The smallest absolute Gasteiger partial charge is 0.124 e. The van der Waals surface area contributed by atoms with Crippen molar-refractivity contribution in [2.24, 2.45) is 0 Å². The van der Waals surface area contributed by atoms with Gasteiger partial charge in [-0.3, -0.25) is 0 Å². The molecule has 1 aromatic carbocycles. The first-order valence-corrected chi connectivity index (χ1v) is 7.41. The van der Waals surface area contributed by atoms with Crippen LogP contribution < -0.4 is 5.32 Å². The Bertz CT molecular complexity index is 556. The SMILES string of the molecule is Cc1csc(CCNC(C)c2ccc(F)cc2Cl)n1. The zero-order chi connectivity index (χ0) is 13.8. The Balaban J connectivity index is 1.88. The number of aromatic nitrogens is 1. The zero-order valence-electron chi connectivity index (χ0n) is 10.9. The standard InChI is InChI=1S/C14H16ClFN2S/c1-9-8-19-14(18-9)5-6-17-10(2)12-4-3-11(16)7-13(12)15/h3-4,7-8,10,17H,5-6H2,1-2H3. The highest BCUT2D eigenvalue weighted by Crippen LogP contribution is 2.23. The molecule has 0 fully saturated rings. The van der Waals surface area contributed by atoms with Gasteiger partial charge in [-0.25, -0.2) is 9.37 Å². The summed E-state index contributed by atoms with van der Waals surface area (Å²) in [6.07, 6.45) is 0.891. The van der Waals surface area contributed by atoms with Gasteiger partial charge in [-0.15, -0.1) is 11.3 Å². The molecule has 0 aliphatic heterocycles. The lowest BCUT2D eigenvalue weighted by atomic mass is 10.1. The van der Waals surface area contributed by atoms with E-state index in [4.69, 9.17) is 11.6 Å². The van der Waals surface area contributed by atoms with Crippen molar-refractivity contribution >= 4 is 22.9 Å². The maximum Gasteiger partial charge on any atom is 0.124 e. The molecule has 1 unspecified atom stereocenters. The molecule has 0 amide bonds. The fraction of sp³-hybridized carbons (Fsp3) is 0.357. The first kappa shape index (κ1) is 14.4. The van der Waals surface area contributed by atoms with Crippen molar-refractivity contribution in [3.05, 3.63) is 50.7 Å². The molecule has 0 saturated carbocycles. The molecule has 2 nitrogen and oxygen atoms in total. The number of nitrogens with zero attached hydrogens (tertiary/aromatic N) is 1. The van der Waals surface area contributed by atoms with Crippen molar-refractivity contribution in [1.82, 2.24) is 10.3 Å². The first-order valence-electron chi connectivity index (χ1n) is 6.15. The molecule has 1 atom stereocenters. The molecule has 2 aromatic rings. The van der Waals surface area contributed by atoms with Crippen LogP contribution in [0.5, 0.6) is 0 Å². The number of aryl methyl sites for hydroxylation is 1. The van der Waals surface area contributed by atoms with Gasteiger partial charge in [0, 0.05) is 35.1 Å². The fourth-order valence-electron chi connectivity index (χ4n) is 1.88. The molecule has 0 saturated heterocycles. The predicted octanol–water partition coefficient (Wildman–Crippen LogP) is 4.14. The fourth-order valence-corrected chi connectivity index (χ4v) is 2.98. The molecule has 102 valence electrons. The maximum absolute atomic E-state index is 13.0. The molecular formula is C14H16ClFN2S. The number of hydrogen-bond donors (Lipinski definition) is 1. The van der Waals surface area contributed by atoms with Crippen LogP contribution in [0.4, 0.5) is 4.39 Å². The molecule has 1 aromatic heterocycles. The predicted molar refractivity (Wildman–Crippen MR) is 78.4 cm³/mol. The van der Waals surface area contributed by atoms with Gasteiger partial charge in [-0.2, -0.15) is 0 Å². The summed E-state index contributed by atoms with van der Waals surface area (Å²) in [7, 11) is 0. The minimum absolute atomic E-state index is 0.0918. The summed E-state index contributed by atoms with van der Waals surface area (Å²) >= 11 is 7.71. The quantitative estimate of drug-likeness (QED) is 0.897. The minimum atomic E-state index is -0.306. The van der Waals surface area contributed by atoms with E-state index in [-0.39, 0.29) is 11.9 Å². The largest absolute Gasteiger partial charge is 0.310 e. The third kappa shape index (κ3) is 4.00. The monoisotopic (exact) mass is 298 g/mol. The lowest BCUT2D eigenvalue weighted by Gasteiger charge is -2.15. The van der Waals surface area contributed by atoms with Gasteiger partial charge in [-0.1, -0.05) is 17.7 Å². The molecule has 1 heterocycles. The second kappa shape index (κ2) is 6.46. The number of rotatable bonds is 5. The van der Waals surface area contributed by atoms with E-state index in [0.717, 1.165) is 29.2 Å². The Morgan fingerprint density at radius 3 is 2.89 bits per heavy atom. The molecule has 5 heteroatoms. The van der Waals surface area contributed by atoms with E-state index >= 15 is 0 Å². The second-order valence-electron chi connectivity index (χ2n) is 4.47. The van der Waals surface area contributed by atoms with Crippen LogP contribution in [0.1, 0.15) is 29.2 Å². The zero-order valence-corrected chi connectivity index (χ0v) is 12.5. The van der Waals surface area contributed by atoms with Crippen LogP contribution in [-0.4, -0.2) is 11.5 Å². The summed E-state index contributed by atoms with van der Waals surface area (Å²) in [5.74, 6) is -0.306. The molecule has 0 aliphatic carbocycles. The van der Waals surface area contributed by atoms with Crippen LogP contribution in [0.2, 0.25) is 5.02 Å². The van der Waals surface area contributed by atoms with Crippen molar-refractivity contribution in [3.8, 4) is 0 Å². The number of nitrogens with one attached hydrogen (secondary N) is 1. The molecule has 1 N–H and O–H groups in total. The highest BCUT2D eigenvalue weighted by atomic mass is 35.5. The lowest BCUT2D eigenvalue weighted by Crippen LogP contribution is -2.21. The Hall–Kier alpha value is -0.970. The van der Waals surface area contributed by atoms with E-state index < -0.39 is 0 Å². The molecular weight excluding hydrogens is 283 g/mol. The summed E-state index contributed by atoms with van der Waals surface area (Å²) in [5, 5.41) is 7.02. The van der Waals surface area contributed by atoms with E-state index in [9.17, 15) is 4.39 Å². The average molecular weight is 299 g/mol. The summed E-state index contributed by atoms with van der Waals surface area (Å²) in [6.45, 7) is 4.84. The average Bonchev–Trinajstić information content (AvgIpc) is 2.75. The van der Waals surface area contributed by atoms with Gasteiger partial charge in [0.05, 0.1) is 5.01 Å². The van der Waals surface area contributed by atoms with E-state index in [2.05, 4.69) is 15.7 Å². The normalized spacial score (nSPS) is 12.6. The Morgan fingerprint density at radius 1 is 1.47 bits per heavy atom. The van der Waals surface area contributed by atoms with Crippen LogP contribution in [0.25, 0.3) is 0 Å². The Labute approximate surface area is 121 Å². The molecule has 0 spiro atoms. The third-order valence-electron chi connectivity index (χ3n) is 2.88. The van der Waals surface area contributed by atoms with Gasteiger partial charge in [0.15, 0.2) is 0 Å². The maximum atomic E-state index is 13.0. The van der Waals surface area contributed by atoms with Crippen LogP contribution in [-0.2, 0) is 6.42 Å². The van der Waals surface area contributed by atoms with Gasteiger partial charge >= 0.3 is 0 Å². The summed E-state index contributed by atoms with van der Waals surface area (Å²) in [6, 6.07) is 4.60. The molecule has 0 radical (unpaired) electrons. The van der Waals surface area contributed by atoms with Gasteiger partial charge in [-0.05, 0) is 31.5 Å². The third-order valence-corrected chi connectivity index (χ3v) is 4.24. The Morgan fingerprint density at radius 2 is 2.26 bits per heavy atom. The van der Waals surface area contributed by atoms with E-state index in [1.165, 1.54) is 12.1 Å². The number of hydrogen-bond acceptors (Lipinski definition) is 3. The lowest BCUT2D eigenvalue weighted by molar-refractivity contribution is 0.573. The van der Waals surface area contributed by atoms with Gasteiger partial charge in [0.1, 0.15) is 5.82 Å². The van der Waals surface area contributed by atoms with E-state index in [1.807, 2.05) is 13.8 Å². The first-order chi connectivity index (χ1) is 9.06. The van der Waals surface area contributed by atoms with Crippen LogP contribution in [0.3, 0.4) is 0 Å². The Kier molecular flexibility index (Phi) is 4.91.